The van der Waals surface area contributed by atoms with Crippen LogP contribution in [0.25, 0.3) is 0 Å². The van der Waals surface area contributed by atoms with Gasteiger partial charge in [0.15, 0.2) is 0 Å². The van der Waals surface area contributed by atoms with E-state index in [0.29, 0.717) is 12.3 Å². The van der Waals surface area contributed by atoms with Crippen molar-refractivity contribution in [3.05, 3.63) is 11.6 Å². The van der Waals surface area contributed by atoms with Gasteiger partial charge < -0.3 is 9.90 Å². The largest absolute Gasteiger partial charge is 0.389 e. The van der Waals surface area contributed by atoms with Crippen LogP contribution in [0.15, 0.2) is 11.6 Å². The number of aliphatic hydroxyl groups is 1. The van der Waals surface area contributed by atoms with Gasteiger partial charge in [0.05, 0.1) is 5.60 Å². The number of hydrogen-bond donors (Lipinski definition) is 1. The minimum atomic E-state index is -0.511. The zero-order valence-corrected chi connectivity index (χ0v) is 16.1. The lowest BCUT2D eigenvalue weighted by molar-refractivity contribution is -0.108. The summed E-state index contributed by atoms with van der Waals surface area (Å²) in [6, 6.07) is 0. The minimum Gasteiger partial charge on any atom is -0.389 e. The predicted octanol–water partition coefficient (Wildman–Crippen LogP) is 4.86. The Kier molecular flexibility index (Phi) is 10.6. The summed E-state index contributed by atoms with van der Waals surface area (Å²) in [5, 5.41) is 10.4. The zero-order valence-electron chi connectivity index (χ0n) is 15.3. The zero-order chi connectivity index (χ0) is 17.9. The first-order valence-electron chi connectivity index (χ1n) is 8.68. The molecule has 0 saturated heterocycles. The maximum Gasteiger partial charge on any atom is 0.119 e. The van der Waals surface area contributed by atoms with Crippen LogP contribution in [-0.2, 0) is 4.79 Å². The summed E-state index contributed by atoms with van der Waals surface area (Å²) in [5.41, 5.74) is 1.26. The fraction of sp³-hybridized carbons (Fsp3) is 0.750. The molecule has 0 spiro atoms. The summed E-state index contributed by atoms with van der Waals surface area (Å²) >= 11 is 1.86. The summed E-state index contributed by atoms with van der Waals surface area (Å²) in [4.78, 5) is 10.5. The molecule has 0 aliphatic heterocycles. The molecule has 2 unspecified atom stereocenters. The summed E-state index contributed by atoms with van der Waals surface area (Å²) in [6.07, 6.45) is 17.0. The molecular weight excluding hydrogens is 304 g/mol. The summed E-state index contributed by atoms with van der Waals surface area (Å²) in [6.45, 7) is 8.80. The van der Waals surface area contributed by atoms with Crippen LogP contribution < -0.4 is 0 Å². The molecule has 0 aromatic carbocycles. The second-order valence-corrected chi connectivity index (χ2v) is 7.75. The smallest absolute Gasteiger partial charge is 0.119 e. The first-order chi connectivity index (χ1) is 10.9. The molecule has 132 valence electrons. The van der Waals surface area contributed by atoms with Gasteiger partial charge in [0, 0.05) is 17.9 Å². The van der Waals surface area contributed by atoms with Gasteiger partial charge in [-0.05, 0) is 43.4 Å². The van der Waals surface area contributed by atoms with Crippen LogP contribution in [0.4, 0.5) is 0 Å². The van der Waals surface area contributed by atoms with E-state index in [1.165, 1.54) is 5.57 Å². The fourth-order valence-electron chi connectivity index (χ4n) is 3.12. The Morgan fingerprint density at radius 2 is 2.04 bits per heavy atom. The van der Waals surface area contributed by atoms with Gasteiger partial charge in [-0.15, -0.1) is 12.8 Å². The Labute approximate surface area is 147 Å². The van der Waals surface area contributed by atoms with E-state index in [2.05, 4.69) is 46.6 Å². The second-order valence-electron chi connectivity index (χ2n) is 6.77. The Morgan fingerprint density at radius 3 is 2.57 bits per heavy atom. The molecule has 0 amide bonds. The maximum atomic E-state index is 10.5. The third kappa shape index (κ3) is 6.36. The molecule has 1 aliphatic rings. The van der Waals surface area contributed by atoms with Gasteiger partial charge in [-0.1, -0.05) is 39.3 Å². The number of terminal acetylenes is 1. The molecule has 0 saturated carbocycles. The van der Waals surface area contributed by atoms with Gasteiger partial charge >= 0.3 is 0 Å². The molecule has 0 fully saturated rings. The van der Waals surface area contributed by atoms with Crippen LogP contribution in [0.5, 0.6) is 0 Å². The van der Waals surface area contributed by atoms with Crippen molar-refractivity contribution in [2.45, 2.75) is 71.8 Å². The topological polar surface area (TPSA) is 37.3 Å². The van der Waals surface area contributed by atoms with Crippen molar-refractivity contribution in [3.63, 3.8) is 0 Å². The lowest BCUT2D eigenvalue weighted by Crippen LogP contribution is -2.30. The van der Waals surface area contributed by atoms with Crippen molar-refractivity contribution in [3.8, 4) is 12.8 Å². The van der Waals surface area contributed by atoms with Crippen LogP contribution in [0.2, 0.25) is 0 Å². The molecule has 3 heteroatoms. The van der Waals surface area contributed by atoms with Crippen LogP contribution in [0.1, 0.15) is 66.2 Å². The Bertz CT molecular complexity index is 396. The molecule has 0 heterocycles. The quantitative estimate of drug-likeness (QED) is 0.267. The molecule has 2 nitrogen and oxygen atoms in total. The van der Waals surface area contributed by atoms with Crippen molar-refractivity contribution < 1.29 is 9.90 Å². The highest BCUT2D eigenvalue weighted by molar-refractivity contribution is 7.99. The highest BCUT2D eigenvalue weighted by Crippen LogP contribution is 2.48. The minimum absolute atomic E-state index is 0.243. The Hall–Kier alpha value is -0.720. The first kappa shape index (κ1) is 22.3. The van der Waals surface area contributed by atoms with Crippen LogP contribution in [-0.4, -0.2) is 28.5 Å². The Morgan fingerprint density at radius 1 is 1.43 bits per heavy atom. The number of thioether (sulfide) groups is 1. The highest BCUT2D eigenvalue weighted by atomic mass is 32.2. The lowest BCUT2D eigenvalue weighted by Gasteiger charge is -2.34. The van der Waals surface area contributed by atoms with E-state index in [0.717, 1.165) is 49.9 Å². The van der Waals surface area contributed by atoms with E-state index < -0.39 is 5.60 Å². The monoisotopic (exact) mass is 338 g/mol. The average molecular weight is 339 g/mol. The fourth-order valence-corrected chi connectivity index (χ4v) is 4.68. The number of hydrogen-bond acceptors (Lipinski definition) is 3. The van der Waals surface area contributed by atoms with Crippen molar-refractivity contribution in [1.82, 2.24) is 0 Å². The predicted molar refractivity (Wildman–Crippen MR) is 103 cm³/mol. The standard InChI is InChI=1S/C18H32O2S.C2H2/c1-5-18(20,6-2)14-21-13-16-10-9-15(3)17(16,4)11-7-8-12-19;1-2/h10,12,15,20H,5-9,11,13-14H2,1-4H3;1-2H. The van der Waals surface area contributed by atoms with E-state index in [9.17, 15) is 9.90 Å². The number of allylic oxidation sites excluding steroid dienone is 1. The molecule has 0 aromatic rings. The van der Waals surface area contributed by atoms with Gasteiger partial charge in [-0.2, -0.15) is 11.8 Å². The van der Waals surface area contributed by atoms with Crippen molar-refractivity contribution in [1.29, 1.82) is 0 Å². The molecule has 1 rings (SSSR count). The van der Waals surface area contributed by atoms with Crippen molar-refractivity contribution in [2.75, 3.05) is 11.5 Å². The lowest BCUT2D eigenvalue weighted by atomic mass is 9.73. The van der Waals surface area contributed by atoms with E-state index in [-0.39, 0.29) is 5.41 Å². The van der Waals surface area contributed by atoms with Gasteiger partial charge in [-0.25, -0.2) is 0 Å². The number of unbranched alkanes of at least 4 members (excludes halogenated alkanes) is 1. The molecule has 1 N–H and O–H groups in total. The van der Waals surface area contributed by atoms with Crippen LogP contribution in [0, 0.1) is 24.2 Å². The highest BCUT2D eigenvalue weighted by Gasteiger charge is 2.38. The van der Waals surface area contributed by atoms with Crippen LogP contribution in [0.3, 0.4) is 0 Å². The van der Waals surface area contributed by atoms with Gasteiger partial charge in [0.2, 0.25) is 0 Å². The molecule has 0 aromatic heterocycles. The molecule has 0 radical (unpaired) electrons. The van der Waals surface area contributed by atoms with Gasteiger partial charge in [0.1, 0.15) is 6.29 Å². The number of rotatable bonds is 10. The van der Waals surface area contributed by atoms with E-state index in [4.69, 9.17) is 0 Å². The third-order valence-corrected chi connectivity index (χ3v) is 6.76. The number of aldehydes is 1. The second kappa shape index (κ2) is 10.9. The SMILES string of the molecule is C#C.CCC(O)(CC)CSCC1=CCC(C)C1(C)CCCC=O. The summed E-state index contributed by atoms with van der Waals surface area (Å²) in [7, 11) is 0. The number of carbonyl (C=O) groups is 1. The maximum absolute atomic E-state index is 10.5. The van der Waals surface area contributed by atoms with Crippen molar-refractivity contribution >= 4 is 18.0 Å². The van der Waals surface area contributed by atoms with Gasteiger partial charge in [0.25, 0.3) is 0 Å². The van der Waals surface area contributed by atoms with E-state index in [1.807, 2.05) is 11.8 Å². The molecule has 23 heavy (non-hydrogen) atoms. The summed E-state index contributed by atoms with van der Waals surface area (Å²) < 4.78 is 0. The van der Waals surface area contributed by atoms with E-state index >= 15 is 0 Å². The summed E-state index contributed by atoms with van der Waals surface area (Å²) in [5.74, 6) is 2.50. The van der Waals surface area contributed by atoms with Crippen LogP contribution >= 0.6 is 11.8 Å². The van der Waals surface area contributed by atoms with Crippen molar-refractivity contribution in [2.24, 2.45) is 11.3 Å². The molecule has 0 bridgehead atoms. The molecule has 2 atom stereocenters. The van der Waals surface area contributed by atoms with Gasteiger partial charge in [-0.3, -0.25) is 0 Å². The normalized spacial score (nSPS) is 23.8. The molecular formula is C20H34O2S. The third-order valence-electron chi connectivity index (χ3n) is 5.50. The molecule has 1 aliphatic carbocycles. The number of carbonyl (C=O) groups excluding carboxylic acids is 1. The average Bonchev–Trinajstić information content (AvgIpc) is 2.85. The van der Waals surface area contributed by atoms with E-state index in [1.54, 1.807) is 0 Å². The Balaban J connectivity index is 0.00000232. The first-order valence-corrected chi connectivity index (χ1v) is 9.84.